The lowest BCUT2D eigenvalue weighted by Gasteiger charge is -2.23. The van der Waals surface area contributed by atoms with Crippen LogP contribution in [0.1, 0.15) is 44.5 Å². The molecule has 1 N–H and O–H groups in total. The van der Waals surface area contributed by atoms with Crippen molar-refractivity contribution in [1.29, 1.82) is 0 Å². The van der Waals surface area contributed by atoms with Crippen LogP contribution in [0.15, 0.2) is 4.90 Å². The third kappa shape index (κ3) is 3.19. The molecule has 1 aromatic heterocycles. The third-order valence-corrected chi connectivity index (χ3v) is 7.06. The van der Waals surface area contributed by atoms with Crippen molar-refractivity contribution in [2.75, 3.05) is 13.1 Å². The first kappa shape index (κ1) is 16.9. The van der Waals surface area contributed by atoms with Crippen LogP contribution in [0, 0.1) is 19.8 Å². The number of rotatable bonds is 4. The first-order valence-electron chi connectivity index (χ1n) is 8.59. The van der Waals surface area contributed by atoms with Gasteiger partial charge in [0.05, 0.1) is 11.4 Å². The second-order valence-corrected chi connectivity index (χ2v) is 9.24. The lowest BCUT2D eigenvalue weighted by molar-refractivity contribution is 0.382. The minimum Gasteiger partial charge on any atom is -0.310 e. The first-order chi connectivity index (χ1) is 10.8. The van der Waals surface area contributed by atoms with E-state index in [2.05, 4.69) is 24.3 Å². The van der Waals surface area contributed by atoms with Crippen LogP contribution in [-0.2, 0) is 16.6 Å². The monoisotopic (exact) mass is 340 g/mol. The molecule has 2 unspecified atom stereocenters. The van der Waals surface area contributed by atoms with E-state index in [0.717, 1.165) is 25.1 Å². The Morgan fingerprint density at radius 1 is 1.22 bits per heavy atom. The van der Waals surface area contributed by atoms with Crippen LogP contribution in [0.25, 0.3) is 0 Å². The number of aryl methyl sites for hydroxylation is 1. The zero-order chi connectivity index (χ0) is 16.8. The summed E-state index contributed by atoms with van der Waals surface area (Å²) in [5.74, 6) is 0.432. The van der Waals surface area contributed by atoms with Crippen LogP contribution in [0.4, 0.5) is 0 Å². The fourth-order valence-electron chi connectivity index (χ4n) is 3.84. The average molecular weight is 340 g/mol. The maximum atomic E-state index is 13.2. The van der Waals surface area contributed by atoms with E-state index in [0.29, 0.717) is 41.7 Å². The molecule has 1 aromatic rings. The molecule has 3 heterocycles. The van der Waals surface area contributed by atoms with Crippen LogP contribution >= 0.6 is 0 Å². The predicted molar refractivity (Wildman–Crippen MR) is 89.9 cm³/mol. The summed E-state index contributed by atoms with van der Waals surface area (Å²) >= 11 is 0. The van der Waals surface area contributed by atoms with E-state index in [9.17, 15) is 8.42 Å². The van der Waals surface area contributed by atoms with Crippen molar-refractivity contribution in [2.45, 2.75) is 70.5 Å². The molecule has 0 saturated carbocycles. The second kappa shape index (κ2) is 6.18. The zero-order valence-corrected chi connectivity index (χ0v) is 15.4. The van der Waals surface area contributed by atoms with Crippen molar-refractivity contribution in [3.05, 3.63) is 11.4 Å². The molecule has 2 aliphatic rings. The van der Waals surface area contributed by atoms with Gasteiger partial charge in [0.1, 0.15) is 4.90 Å². The maximum Gasteiger partial charge on any atom is 0.246 e. The minimum absolute atomic E-state index is 0.295. The number of sulfonamides is 1. The average Bonchev–Trinajstić information content (AvgIpc) is 2.88. The van der Waals surface area contributed by atoms with Gasteiger partial charge in [0.25, 0.3) is 0 Å². The Kier molecular flexibility index (Phi) is 4.55. The van der Waals surface area contributed by atoms with Crippen molar-refractivity contribution >= 4 is 10.0 Å². The van der Waals surface area contributed by atoms with Gasteiger partial charge in [-0.05, 0) is 39.0 Å². The van der Waals surface area contributed by atoms with Crippen LogP contribution < -0.4 is 5.32 Å². The van der Waals surface area contributed by atoms with Gasteiger partial charge in [0.2, 0.25) is 10.0 Å². The summed E-state index contributed by atoms with van der Waals surface area (Å²) in [7, 11) is -3.47. The third-order valence-electron chi connectivity index (χ3n) is 4.94. The van der Waals surface area contributed by atoms with Gasteiger partial charge >= 0.3 is 0 Å². The SMILES string of the molecule is Cc1nn(CC(C)C)c(C)c1S(=O)(=O)N1CCC2CCC(C1)N2. The van der Waals surface area contributed by atoms with Gasteiger partial charge in [-0.15, -0.1) is 0 Å². The maximum absolute atomic E-state index is 13.2. The number of hydrogen-bond acceptors (Lipinski definition) is 4. The number of hydrogen-bond donors (Lipinski definition) is 1. The first-order valence-corrected chi connectivity index (χ1v) is 10.0. The van der Waals surface area contributed by atoms with Crippen molar-refractivity contribution in [3.8, 4) is 0 Å². The van der Waals surface area contributed by atoms with Crippen molar-refractivity contribution < 1.29 is 8.42 Å². The number of aromatic nitrogens is 2. The molecular formula is C16H28N4O2S. The van der Waals surface area contributed by atoms with Gasteiger partial charge in [0, 0.05) is 31.7 Å². The normalized spacial score (nSPS) is 26.0. The van der Waals surface area contributed by atoms with E-state index in [1.165, 1.54) is 6.42 Å². The number of nitrogens with zero attached hydrogens (tertiary/aromatic N) is 3. The summed E-state index contributed by atoms with van der Waals surface area (Å²) in [6.45, 7) is 9.83. The Balaban J connectivity index is 1.92. The van der Waals surface area contributed by atoms with E-state index in [1.807, 2.05) is 11.6 Å². The summed E-state index contributed by atoms with van der Waals surface area (Å²) in [4.78, 5) is 0.413. The van der Waals surface area contributed by atoms with Gasteiger partial charge in [0.15, 0.2) is 0 Å². The Morgan fingerprint density at radius 2 is 1.91 bits per heavy atom. The molecule has 7 heteroatoms. The van der Waals surface area contributed by atoms with Crippen LogP contribution in [0.3, 0.4) is 0 Å². The Hall–Kier alpha value is -0.920. The van der Waals surface area contributed by atoms with Gasteiger partial charge in [-0.1, -0.05) is 13.8 Å². The largest absolute Gasteiger partial charge is 0.310 e. The van der Waals surface area contributed by atoms with E-state index in [1.54, 1.807) is 11.2 Å². The van der Waals surface area contributed by atoms with Gasteiger partial charge in [-0.3, -0.25) is 4.68 Å². The molecule has 0 aliphatic carbocycles. The molecular weight excluding hydrogens is 312 g/mol. The van der Waals surface area contributed by atoms with Crippen LogP contribution in [-0.4, -0.2) is 47.7 Å². The Labute approximate surface area is 139 Å². The zero-order valence-electron chi connectivity index (χ0n) is 14.5. The highest BCUT2D eigenvalue weighted by molar-refractivity contribution is 7.89. The molecule has 6 nitrogen and oxygen atoms in total. The highest BCUT2D eigenvalue weighted by Gasteiger charge is 2.37. The molecule has 2 saturated heterocycles. The summed E-state index contributed by atoms with van der Waals surface area (Å²) < 4.78 is 29.9. The molecule has 3 rings (SSSR count). The van der Waals surface area contributed by atoms with Gasteiger partial charge in [-0.25, -0.2) is 8.42 Å². The molecule has 0 amide bonds. The van der Waals surface area contributed by atoms with Crippen LogP contribution in [0.2, 0.25) is 0 Å². The molecule has 0 radical (unpaired) electrons. The predicted octanol–water partition coefficient (Wildman–Crippen LogP) is 1.67. The topological polar surface area (TPSA) is 67.2 Å². The highest BCUT2D eigenvalue weighted by Crippen LogP contribution is 2.28. The van der Waals surface area contributed by atoms with Gasteiger partial charge < -0.3 is 5.32 Å². The molecule has 2 atom stereocenters. The van der Waals surface area contributed by atoms with Crippen molar-refractivity contribution in [3.63, 3.8) is 0 Å². The molecule has 2 aliphatic heterocycles. The summed E-state index contributed by atoms with van der Waals surface area (Å²) in [5, 5.41) is 8.02. The van der Waals surface area contributed by atoms with Crippen molar-refractivity contribution in [1.82, 2.24) is 19.4 Å². The molecule has 0 spiro atoms. The van der Waals surface area contributed by atoms with Crippen LogP contribution in [0.5, 0.6) is 0 Å². The van der Waals surface area contributed by atoms with Crippen molar-refractivity contribution in [2.24, 2.45) is 5.92 Å². The van der Waals surface area contributed by atoms with E-state index < -0.39 is 10.0 Å². The summed E-state index contributed by atoms with van der Waals surface area (Å²) in [6.07, 6.45) is 3.14. The molecule has 23 heavy (non-hydrogen) atoms. The van der Waals surface area contributed by atoms with Gasteiger partial charge in [-0.2, -0.15) is 9.40 Å². The lowest BCUT2D eigenvalue weighted by Crippen LogP contribution is -2.39. The van der Waals surface area contributed by atoms with E-state index in [4.69, 9.17) is 0 Å². The molecule has 2 fully saturated rings. The van der Waals surface area contributed by atoms with E-state index in [-0.39, 0.29) is 0 Å². The standard InChI is InChI=1S/C16H28N4O2S/c1-11(2)9-20-13(4)16(12(3)18-20)23(21,22)19-8-7-14-5-6-15(10-19)17-14/h11,14-15,17H,5-10H2,1-4H3. The fourth-order valence-corrected chi connectivity index (χ4v) is 5.71. The fraction of sp³-hybridized carbons (Fsp3) is 0.812. The quantitative estimate of drug-likeness (QED) is 0.905. The summed E-state index contributed by atoms with van der Waals surface area (Å²) in [5.41, 5.74) is 1.38. The number of fused-ring (bicyclic) bond motifs is 2. The minimum atomic E-state index is -3.47. The smallest absolute Gasteiger partial charge is 0.246 e. The Bertz CT molecular complexity index is 680. The Morgan fingerprint density at radius 3 is 2.61 bits per heavy atom. The molecule has 0 aromatic carbocycles. The second-order valence-electron chi connectivity index (χ2n) is 7.37. The number of nitrogens with one attached hydrogen (secondary N) is 1. The van der Waals surface area contributed by atoms with E-state index >= 15 is 0 Å². The lowest BCUT2D eigenvalue weighted by atomic mass is 10.1. The summed E-state index contributed by atoms with van der Waals surface area (Å²) in [6, 6.07) is 0.773. The highest BCUT2D eigenvalue weighted by atomic mass is 32.2. The molecule has 130 valence electrons. The molecule has 2 bridgehead atoms.